The molecule has 0 aromatic carbocycles. The summed E-state index contributed by atoms with van der Waals surface area (Å²) in [5.74, 6) is 0. The van der Waals surface area contributed by atoms with Crippen LogP contribution in [0.4, 0.5) is 5.69 Å². The second-order valence-electron chi connectivity index (χ2n) is 2.57. The summed E-state index contributed by atoms with van der Waals surface area (Å²) in [4.78, 5) is 3.95. The summed E-state index contributed by atoms with van der Waals surface area (Å²) in [6, 6.07) is 1.92. The van der Waals surface area contributed by atoms with E-state index in [0.717, 1.165) is 12.0 Å². The molecular weight excluding hydrogens is 138 g/mol. The lowest BCUT2D eigenvalue weighted by atomic mass is 10.1. The number of rotatable bonds is 2. The van der Waals surface area contributed by atoms with Gasteiger partial charge < -0.3 is 11.5 Å². The Labute approximate surface area is 66.4 Å². The van der Waals surface area contributed by atoms with Crippen molar-refractivity contribution in [1.29, 1.82) is 0 Å². The average molecular weight is 151 g/mol. The first-order valence-electron chi connectivity index (χ1n) is 3.70. The molecule has 0 fully saturated rings. The number of hydrogen-bond acceptors (Lipinski definition) is 3. The maximum Gasteiger partial charge on any atom is 0.0503 e. The highest BCUT2D eigenvalue weighted by atomic mass is 14.7. The van der Waals surface area contributed by atoms with Gasteiger partial charge in [-0.2, -0.15) is 0 Å². The van der Waals surface area contributed by atoms with Crippen molar-refractivity contribution in [2.75, 3.05) is 5.73 Å². The van der Waals surface area contributed by atoms with E-state index in [1.54, 1.807) is 12.4 Å². The predicted octanol–water partition coefficient (Wildman–Crippen LogP) is 1.07. The lowest BCUT2D eigenvalue weighted by molar-refractivity contribution is 0.695. The van der Waals surface area contributed by atoms with Crippen LogP contribution in [-0.4, -0.2) is 4.98 Å². The molecular formula is C8H13N3. The van der Waals surface area contributed by atoms with Gasteiger partial charge in [-0.3, -0.25) is 4.98 Å². The second kappa shape index (κ2) is 3.34. The molecule has 1 heterocycles. The zero-order chi connectivity index (χ0) is 8.27. The standard InChI is InChI=1S/C8H13N3/c1-2-8(10)6-3-7(9)5-11-4-6/h3-5,8H,2,9-10H2,1H3/t8-/m0/s1. The Morgan fingerprint density at radius 1 is 1.55 bits per heavy atom. The van der Waals surface area contributed by atoms with Crippen molar-refractivity contribution in [3.63, 3.8) is 0 Å². The Hall–Kier alpha value is -1.09. The highest BCUT2D eigenvalue weighted by Gasteiger charge is 2.02. The van der Waals surface area contributed by atoms with Crippen LogP contribution >= 0.6 is 0 Å². The summed E-state index contributed by atoms with van der Waals surface area (Å²) in [6.07, 6.45) is 4.28. The molecule has 3 heteroatoms. The SMILES string of the molecule is CC[C@H](N)c1cncc(N)c1. The van der Waals surface area contributed by atoms with E-state index in [1.165, 1.54) is 0 Å². The molecule has 0 spiro atoms. The Balaban J connectivity index is 2.86. The van der Waals surface area contributed by atoms with Gasteiger partial charge >= 0.3 is 0 Å². The van der Waals surface area contributed by atoms with Crippen molar-refractivity contribution in [3.8, 4) is 0 Å². The maximum absolute atomic E-state index is 5.77. The van der Waals surface area contributed by atoms with E-state index in [-0.39, 0.29) is 6.04 Å². The van der Waals surface area contributed by atoms with Gasteiger partial charge in [0, 0.05) is 18.4 Å². The molecule has 1 atom stereocenters. The highest BCUT2D eigenvalue weighted by Crippen LogP contribution is 2.13. The minimum absolute atomic E-state index is 0.0611. The van der Waals surface area contributed by atoms with Gasteiger partial charge in [-0.05, 0) is 18.1 Å². The van der Waals surface area contributed by atoms with Crippen LogP contribution in [0.3, 0.4) is 0 Å². The van der Waals surface area contributed by atoms with Crippen LogP contribution in [0.2, 0.25) is 0 Å². The van der Waals surface area contributed by atoms with Gasteiger partial charge in [0.2, 0.25) is 0 Å². The summed E-state index contributed by atoms with van der Waals surface area (Å²) < 4.78 is 0. The van der Waals surface area contributed by atoms with E-state index in [4.69, 9.17) is 11.5 Å². The fourth-order valence-electron chi connectivity index (χ4n) is 0.915. The number of pyridine rings is 1. The number of anilines is 1. The van der Waals surface area contributed by atoms with Crippen molar-refractivity contribution < 1.29 is 0 Å². The molecule has 4 N–H and O–H groups in total. The van der Waals surface area contributed by atoms with E-state index in [1.807, 2.05) is 13.0 Å². The van der Waals surface area contributed by atoms with E-state index in [0.29, 0.717) is 5.69 Å². The molecule has 0 saturated heterocycles. The van der Waals surface area contributed by atoms with Crippen LogP contribution in [-0.2, 0) is 0 Å². The van der Waals surface area contributed by atoms with E-state index < -0.39 is 0 Å². The van der Waals surface area contributed by atoms with Crippen molar-refractivity contribution in [2.24, 2.45) is 5.73 Å². The van der Waals surface area contributed by atoms with Gasteiger partial charge in [0.1, 0.15) is 0 Å². The third-order valence-corrected chi connectivity index (χ3v) is 1.65. The summed E-state index contributed by atoms with van der Waals surface area (Å²) in [5.41, 5.74) is 13.0. The Morgan fingerprint density at radius 2 is 2.27 bits per heavy atom. The molecule has 0 aliphatic heterocycles. The van der Waals surface area contributed by atoms with Crippen molar-refractivity contribution >= 4 is 5.69 Å². The third-order valence-electron chi connectivity index (χ3n) is 1.65. The fraction of sp³-hybridized carbons (Fsp3) is 0.375. The number of nitrogen functional groups attached to an aromatic ring is 1. The molecule has 1 aromatic heterocycles. The number of nitrogens with zero attached hydrogens (tertiary/aromatic N) is 1. The van der Waals surface area contributed by atoms with Crippen molar-refractivity contribution in [1.82, 2.24) is 4.98 Å². The van der Waals surface area contributed by atoms with E-state index >= 15 is 0 Å². The van der Waals surface area contributed by atoms with Gasteiger partial charge in [-0.15, -0.1) is 0 Å². The predicted molar refractivity (Wildman–Crippen MR) is 45.9 cm³/mol. The quantitative estimate of drug-likeness (QED) is 0.664. The van der Waals surface area contributed by atoms with Crippen LogP contribution in [0.1, 0.15) is 24.9 Å². The lowest BCUT2D eigenvalue weighted by Gasteiger charge is -2.07. The molecule has 0 aliphatic carbocycles. The summed E-state index contributed by atoms with van der Waals surface area (Å²) in [6.45, 7) is 2.04. The minimum atomic E-state index is 0.0611. The van der Waals surface area contributed by atoms with Gasteiger partial charge in [-0.25, -0.2) is 0 Å². The van der Waals surface area contributed by atoms with Crippen molar-refractivity contribution in [2.45, 2.75) is 19.4 Å². The van der Waals surface area contributed by atoms with Crippen molar-refractivity contribution in [3.05, 3.63) is 24.0 Å². The van der Waals surface area contributed by atoms with Crippen LogP contribution in [0.15, 0.2) is 18.5 Å². The molecule has 0 amide bonds. The normalized spacial score (nSPS) is 12.9. The average Bonchev–Trinajstić information content (AvgIpc) is 2.03. The zero-order valence-electron chi connectivity index (χ0n) is 6.62. The number of aromatic nitrogens is 1. The van der Waals surface area contributed by atoms with Crippen LogP contribution in [0, 0.1) is 0 Å². The molecule has 0 unspecified atom stereocenters. The van der Waals surface area contributed by atoms with Crippen LogP contribution in [0.25, 0.3) is 0 Å². The fourth-order valence-corrected chi connectivity index (χ4v) is 0.915. The summed E-state index contributed by atoms with van der Waals surface area (Å²) in [7, 11) is 0. The largest absolute Gasteiger partial charge is 0.397 e. The molecule has 0 radical (unpaired) electrons. The first kappa shape index (κ1) is 8.01. The van der Waals surface area contributed by atoms with Gasteiger partial charge in [0.25, 0.3) is 0 Å². The zero-order valence-corrected chi connectivity index (χ0v) is 6.62. The maximum atomic E-state index is 5.77. The van der Waals surface area contributed by atoms with Gasteiger partial charge in [0.15, 0.2) is 0 Å². The minimum Gasteiger partial charge on any atom is -0.397 e. The van der Waals surface area contributed by atoms with Gasteiger partial charge in [-0.1, -0.05) is 6.92 Å². The Bertz CT molecular complexity index is 235. The number of nitrogens with two attached hydrogens (primary N) is 2. The van der Waals surface area contributed by atoms with E-state index in [9.17, 15) is 0 Å². The monoisotopic (exact) mass is 151 g/mol. The Kier molecular flexibility index (Phi) is 2.44. The smallest absolute Gasteiger partial charge is 0.0503 e. The molecule has 3 nitrogen and oxygen atoms in total. The molecule has 11 heavy (non-hydrogen) atoms. The second-order valence-corrected chi connectivity index (χ2v) is 2.57. The van der Waals surface area contributed by atoms with Crippen LogP contribution in [0.5, 0.6) is 0 Å². The molecule has 60 valence electrons. The Morgan fingerprint density at radius 3 is 2.82 bits per heavy atom. The van der Waals surface area contributed by atoms with Crippen LogP contribution < -0.4 is 11.5 Å². The molecule has 0 saturated carbocycles. The topological polar surface area (TPSA) is 64.9 Å². The molecule has 0 bridgehead atoms. The first-order chi connectivity index (χ1) is 5.24. The third kappa shape index (κ3) is 1.91. The molecule has 1 rings (SSSR count). The highest BCUT2D eigenvalue weighted by molar-refractivity contribution is 5.37. The summed E-state index contributed by atoms with van der Waals surface area (Å²) in [5, 5.41) is 0. The lowest BCUT2D eigenvalue weighted by Crippen LogP contribution is -2.09. The number of hydrogen-bond donors (Lipinski definition) is 2. The first-order valence-corrected chi connectivity index (χ1v) is 3.70. The van der Waals surface area contributed by atoms with E-state index in [2.05, 4.69) is 4.98 Å². The molecule has 1 aromatic rings. The summed E-state index contributed by atoms with van der Waals surface area (Å²) >= 11 is 0. The van der Waals surface area contributed by atoms with Gasteiger partial charge in [0.05, 0.1) is 5.69 Å². The molecule has 0 aliphatic rings.